The number of aromatic nitrogens is 1. The van der Waals surface area contributed by atoms with E-state index in [4.69, 9.17) is 0 Å². The summed E-state index contributed by atoms with van der Waals surface area (Å²) in [6.07, 6.45) is 1.96. The zero-order valence-electron chi connectivity index (χ0n) is 13.7. The van der Waals surface area contributed by atoms with Crippen molar-refractivity contribution >= 4 is 27.2 Å². The van der Waals surface area contributed by atoms with E-state index in [1.54, 1.807) is 0 Å². The molecular formula is C22H16BrNO. The van der Waals surface area contributed by atoms with Gasteiger partial charge in [-0.15, -0.1) is 0 Å². The standard InChI is InChI=1S/C22H16BrNO/c1-15-6-5-13-24-20(15)14-19(16-7-3-2-4-8-16)21(24)22(25)17-9-11-18(23)12-10-17/h2-14H,1H3. The maximum atomic E-state index is 13.3. The average Bonchev–Trinajstić information content (AvgIpc) is 3.03. The molecule has 0 aliphatic rings. The number of benzene rings is 2. The number of carbonyl (C=O) groups is 1. The fourth-order valence-corrected chi connectivity index (χ4v) is 3.41. The molecule has 25 heavy (non-hydrogen) atoms. The maximum absolute atomic E-state index is 13.3. The van der Waals surface area contributed by atoms with Gasteiger partial charge in [0.1, 0.15) is 5.69 Å². The van der Waals surface area contributed by atoms with Crippen LogP contribution in [0.4, 0.5) is 0 Å². The summed E-state index contributed by atoms with van der Waals surface area (Å²) in [5, 5.41) is 0. The van der Waals surface area contributed by atoms with Crippen LogP contribution in [0.2, 0.25) is 0 Å². The molecular weight excluding hydrogens is 374 g/mol. The topological polar surface area (TPSA) is 21.5 Å². The summed E-state index contributed by atoms with van der Waals surface area (Å²) in [7, 11) is 0. The summed E-state index contributed by atoms with van der Waals surface area (Å²) in [5.74, 6) is 0.0250. The maximum Gasteiger partial charge on any atom is 0.210 e. The third-order valence-electron chi connectivity index (χ3n) is 4.43. The van der Waals surface area contributed by atoms with Crippen LogP contribution in [0.1, 0.15) is 21.6 Å². The zero-order valence-corrected chi connectivity index (χ0v) is 15.3. The normalized spacial score (nSPS) is 11.0. The van der Waals surface area contributed by atoms with E-state index in [2.05, 4.69) is 35.0 Å². The van der Waals surface area contributed by atoms with Crippen LogP contribution in [0.5, 0.6) is 0 Å². The molecule has 2 aromatic carbocycles. The van der Waals surface area contributed by atoms with Gasteiger partial charge in [0.2, 0.25) is 5.78 Å². The molecule has 2 nitrogen and oxygen atoms in total. The number of halogens is 1. The summed E-state index contributed by atoms with van der Waals surface area (Å²) >= 11 is 3.43. The van der Waals surface area contributed by atoms with Crippen LogP contribution in [0.25, 0.3) is 16.6 Å². The van der Waals surface area contributed by atoms with Gasteiger partial charge in [0.25, 0.3) is 0 Å². The molecule has 0 bridgehead atoms. The van der Waals surface area contributed by atoms with E-state index < -0.39 is 0 Å². The van der Waals surface area contributed by atoms with Gasteiger partial charge in [-0.2, -0.15) is 0 Å². The van der Waals surface area contributed by atoms with E-state index >= 15 is 0 Å². The predicted molar refractivity (Wildman–Crippen MR) is 105 cm³/mol. The third kappa shape index (κ3) is 2.81. The fourth-order valence-electron chi connectivity index (χ4n) is 3.15. The Labute approximate surface area is 154 Å². The van der Waals surface area contributed by atoms with Crippen molar-refractivity contribution in [2.75, 3.05) is 0 Å². The molecule has 0 radical (unpaired) electrons. The molecule has 0 saturated heterocycles. The van der Waals surface area contributed by atoms with Crippen molar-refractivity contribution in [1.29, 1.82) is 0 Å². The van der Waals surface area contributed by atoms with E-state index in [-0.39, 0.29) is 5.78 Å². The Hall–Kier alpha value is -2.65. The van der Waals surface area contributed by atoms with Crippen LogP contribution in [0.3, 0.4) is 0 Å². The van der Waals surface area contributed by atoms with Gasteiger partial charge < -0.3 is 4.40 Å². The van der Waals surface area contributed by atoms with Gasteiger partial charge in [0, 0.05) is 27.3 Å². The molecule has 4 aromatic rings. The second kappa shape index (κ2) is 6.34. The number of ketones is 1. The van der Waals surface area contributed by atoms with Gasteiger partial charge >= 0.3 is 0 Å². The van der Waals surface area contributed by atoms with Gasteiger partial charge in [-0.1, -0.05) is 52.3 Å². The zero-order chi connectivity index (χ0) is 17.4. The van der Waals surface area contributed by atoms with Crippen LogP contribution >= 0.6 is 15.9 Å². The second-order valence-electron chi connectivity index (χ2n) is 6.06. The Morgan fingerprint density at radius 2 is 1.64 bits per heavy atom. The molecule has 2 heterocycles. The largest absolute Gasteiger partial charge is 0.313 e. The first-order valence-corrected chi connectivity index (χ1v) is 8.91. The van der Waals surface area contributed by atoms with E-state index in [0.717, 1.165) is 26.7 Å². The monoisotopic (exact) mass is 389 g/mol. The van der Waals surface area contributed by atoms with Gasteiger partial charge in [0.05, 0.1) is 0 Å². The molecule has 0 unspecified atom stereocenters. The van der Waals surface area contributed by atoms with Crippen LogP contribution in [0, 0.1) is 6.92 Å². The van der Waals surface area contributed by atoms with Crippen molar-refractivity contribution in [3.63, 3.8) is 0 Å². The SMILES string of the molecule is Cc1cccn2c(C(=O)c3ccc(Br)cc3)c(-c3ccccc3)cc12. The number of pyridine rings is 1. The van der Waals surface area contributed by atoms with Gasteiger partial charge in [-0.3, -0.25) is 4.79 Å². The Kier molecular flexibility index (Phi) is 4.02. The van der Waals surface area contributed by atoms with E-state index in [9.17, 15) is 4.79 Å². The number of fused-ring (bicyclic) bond motifs is 1. The molecule has 0 aliphatic heterocycles. The fraction of sp³-hybridized carbons (Fsp3) is 0.0455. The molecule has 0 saturated carbocycles. The van der Waals surface area contributed by atoms with Crippen molar-refractivity contribution in [2.45, 2.75) is 6.92 Å². The van der Waals surface area contributed by atoms with Crippen molar-refractivity contribution in [3.05, 3.63) is 100 Å². The summed E-state index contributed by atoms with van der Waals surface area (Å²) in [6, 6.07) is 23.7. The first kappa shape index (κ1) is 15.9. The van der Waals surface area contributed by atoms with Crippen LogP contribution < -0.4 is 0 Å². The first-order chi connectivity index (χ1) is 12.1. The molecule has 4 rings (SSSR count). The highest BCUT2D eigenvalue weighted by Gasteiger charge is 2.20. The van der Waals surface area contributed by atoms with Crippen LogP contribution in [-0.4, -0.2) is 10.2 Å². The number of carbonyl (C=O) groups excluding carboxylic acids is 1. The Balaban J connectivity index is 1.99. The Morgan fingerprint density at radius 3 is 2.36 bits per heavy atom. The number of aryl methyl sites for hydroxylation is 1. The van der Waals surface area contributed by atoms with Crippen LogP contribution in [0.15, 0.2) is 83.5 Å². The van der Waals surface area contributed by atoms with E-state index in [1.165, 1.54) is 0 Å². The van der Waals surface area contributed by atoms with E-state index in [1.807, 2.05) is 71.3 Å². The number of hydrogen-bond donors (Lipinski definition) is 0. The average molecular weight is 390 g/mol. The summed E-state index contributed by atoms with van der Waals surface area (Å²) in [4.78, 5) is 13.3. The lowest BCUT2D eigenvalue weighted by atomic mass is 10.0. The number of rotatable bonds is 3. The summed E-state index contributed by atoms with van der Waals surface area (Å²) < 4.78 is 2.96. The molecule has 0 amide bonds. The first-order valence-electron chi connectivity index (χ1n) is 8.11. The molecule has 122 valence electrons. The van der Waals surface area contributed by atoms with Gasteiger partial charge in [-0.25, -0.2) is 0 Å². The Morgan fingerprint density at radius 1 is 0.920 bits per heavy atom. The van der Waals surface area contributed by atoms with Crippen molar-refractivity contribution in [1.82, 2.24) is 4.40 Å². The van der Waals surface area contributed by atoms with Gasteiger partial charge in [0.15, 0.2) is 0 Å². The lowest BCUT2D eigenvalue weighted by molar-refractivity contribution is 0.103. The summed E-state index contributed by atoms with van der Waals surface area (Å²) in [5.41, 5.74) is 5.60. The summed E-state index contributed by atoms with van der Waals surface area (Å²) in [6.45, 7) is 2.07. The molecule has 0 atom stereocenters. The van der Waals surface area contributed by atoms with Crippen molar-refractivity contribution in [2.24, 2.45) is 0 Å². The molecule has 0 N–H and O–H groups in total. The lowest BCUT2D eigenvalue weighted by Gasteiger charge is -2.07. The Bertz CT molecular complexity index is 1060. The molecule has 2 aromatic heterocycles. The minimum absolute atomic E-state index is 0.0250. The highest BCUT2D eigenvalue weighted by atomic mass is 79.9. The molecule has 0 aliphatic carbocycles. The smallest absolute Gasteiger partial charge is 0.210 e. The van der Waals surface area contributed by atoms with Crippen LogP contribution in [-0.2, 0) is 0 Å². The van der Waals surface area contributed by atoms with Crippen molar-refractivity contribution < 1.29 is 4.79 Å². The highest BCUT2D eigenvalue weighted by molar-refractivity contribution is 9.10. The molecule has 0 fully saturated rings. The number of hydrogen-bond acceptors (Lipinski definition) is 1. The highest BCUT2D eigenvalue weighted by Crippen LogP contribution is 2.31. The number of nitrogens with zero attached hydrogens (tertiary/aromatic N) is 1. The minimum Gasteiger partial charge on any atom is -0.313 e. The minimum atomic E-state index is 0.0250. The van der Waals surface area contributed by atoms with E-state index in [0.29, 0.717) is 11.3 Å². The van der Waals surface area contributed by atoms with Gasteiger partial charge in [-0.05, 0) is 54.4 Å². The molecule has 0 spiro atoms. The quantitative estimate of drug-likeness (QED) is 0.399. The lowest BCUT2D eigenvalue weighted by Crippen LogP contribution is -2.07. The second-order valence-corrected chi connectivity index (χ2v) is 6.97. The predicted octanol–water partition coefficient (Wildman–Crippen LogP) is 5.91. The third-order valence-corrected chi connectivity index (χ3v) is 4.96. The van der Waals surface area contributed by atoms with Crippen molar-refractivity contribution in [3.8, 4) is 11.1 Å². The molecule has 3 heteroatoms.